The molecule has 0 N–H and O–H groups in total. The van der Waals surface area contributed by atoms with Crippen molar-refractivity contribution in [1.82, 2.24) is 0 Å². The van der Waals surface area contributed by atoms with Crippen molar-refractivity contribution in [1.29, 1.82) is 0 Å². The molecule has 1 saturated carbocycles. The number of terminal acetylenes is 1. The standard InChI is InChI=1S/C14H24OS/c1-5-12(11-16(15)14(2,3)4)13-9-7-6-8-10-13/h1,12-13H,6-11H2,2-4H3/t12-,16+/m0/s1. The van der Waals surface area contributed by atoms with Crippen LogP contribution in [0.3, 0.4) is 0 Å². The Kier molecular flexibility index (Phi) is 5.05. The van der Waals surface area contributed by atoms with E-state index in [1.54, 1.807) is 0 Å². The first kappa shape index (κ1) is 13.8. The molecule has 1 rings (SSSR count). The van der Waals surface area contributed by atoms with Gasteiger partial charge in [-0.15, -0.1) is 12.3 Å². The van der Waals surface area contributed by atoms with Crippen molar-refractivity contribution < 1.29 is 4.21 Å². The van der Waals surface area contributed by atoms with E-state index in [0.29, 0.717) is 11.7 Å². The molecular formula is C14H24OS. The fraction of sp³-hybridized carbons (Fsp3) is 0.857. The van der Waals surface area contributed by atoms with Crippen molar-refractivity contribution >= 4 is 10.8 Å². The van der Waals surface area contributed by atoms with Crippen LogP contribution in [-0.2, 0) is 10.8 Å². The molecular weight excluding hydrogens is 216 g/mol. The third-order valence-corrected chi connectivity index (χ3v) is 5.47. The molecule has 16 heavy (non-hydrogen) atoms. The maximum atomic E-state index is 12.1. The van der Waals surface area contributed by atoms with E-state index in [0.717, 1.165) is 0 Å². The Labute approximate surface area is 103 Å². The molecule has 0 radical (unpaired) electrons. The van der Waals surface area contributed by atoms with E-state index in [-0.39, 0.29) is 10.7 Å². The van der Waals surface area contributed by atoms with E-state index in [1.807, 2.05) is 20.8 Å². The first-order valence-electron chi connectivity index (χ1n) is 6.29. The summed E-state index contributed by atoms with van der Waals surface area (Å²) in [6, 6.07) is 0. The van der Waals surface area contributed by atoms with Gasteiger partial charge in [-0.2, -0.15) is 0 Å². The molecule has 92 valence electrons. The summed E-state index contributed by atoms with van der Waals surface area (Å²) in [5.41, 5.74) is 0. The smallest absolute Gasteiger partial charge is 0.0380 e. The van der Waals surface area contributed by atoms with Crippen molar-refractivity contribution in [3.05, 3.63) is 0 Å². The van der Waals surface area contributed by atoms with Gasteiger partial charge in [-0.3, -0.25) is 4.21 Å². The minimum atomic E-state index is -0.811. The first-order valence-corrected chi connectivity index (χ1v) is 7.61. The predicted octanol–water partition coefficient (Wildman–Crippen LogP) is 3.36. The highest BCUT2D eigenvalue weighted by atomic mass is 32.2. The molecule has 1 aliphatic rings. The third kappa shape index (κ3) is 3.94. The Morgan fingerprint density at radius 3 is 2.31 bits per heavy atom. The fourth-order valence-corrected chi connectivity index (χ4v) is 3.46. The number of hydrogen-bond donors (Lipinski definition) is 0. The molecule has 0 spiro atoms. The third-order valence-electron chi connectivity index (χ3n) is 3.45. The highest BCUT2D eigenvalue weighted by Crippen LogP contribution is 2.31. The van der Waals surface area contributed by atoms with Crippen LogP contribution in [0.1, 0.15) is 52.9 Å². The van der Waals surface area contributed by atoms with Gasteiger partial charge in [0.15, 0.2) is 0 Å². The molecule has 0 aromatic rings. The van der Waals surface area contributed by atoms with E-state index >= 15 is 0 Å². The highest BCUT2D eigenvalue weighted by Gasteiger charge is 2.27. The van der Waals surface area contributed by atoms with Crippen LogP contribution in [0.2, 0.25) is 0 Å². The van der Waals surface area contributed by atoms with Crippen LogP contribution in [0.5, 0.6) is 0 Å². The monoisotopic (exact) mass is 240 g/mol. The van der Waals surface area contributed by atoms with Gasteiger partial charge in [0.25, 0.3) is 0 Å². The van der Waals surface area contributed by atoms with Crippen LogP contribution < -0.4 is 0 Å². The van der Waals surface area contributed by atoms with Gasteiger partial charge in [0, 0.05) is 27.2 Å². The second-order valence-corrected chi connectivity index (χ2v) is 8.04. The molecule has 0 aromatic heterocycles. The summed E-state index contributed by atoms with van der Waals surface area (Å²) in [6.07, 6.45) is 12.0. The van der Waals surface area contributed by atoms with E-state index < -0.39 is 10.8 Å². The van der Waals surface area contributed by atoms with Crippen LogP contribution in [0.25, 0.3) is 0 Å². The van der Waals surface area contributed by atoms with Crippen molar-refractivity contribution in [2.24, 2.45) is 11.8 Å². The fourth-order valence-electron chi connectivity index (χ4n) is 2.27. The molecule has 0 unspecified atom stereocenters. The van der Waals surface area contributed by atoms with Gasteiger partial charge in [-0.25, -0.2) is 0 Å². The minimum absolute atomic E-state index is 0.135. The van der Waals surface area contributed by atoms with Gasteiger partial charge in [0.2, 0.25) is 0 Å². The molecule has 1 aliphatic carbocycles. The summed E-state index contributed by atoms with van der Waals surface area (Å²) in [5.74, 6) is 4.41. The van der Waals surface area contributed by atoms with Crippen molar-refractivity contribution in [3.8, 4) is 12.3 Å². The number of rotatable bonds is 3. The second kappa shape index (κ2) is 5.87. The SMILES string of the molecule is C#C[C@@H](C[S@@](=O)C(C)(C)C)C1CCCCC1. The van der Waals surface area contributed by atoms with Gasteiger partial charge in [-0.05, 0) is 39.5 Å². The maximum Gasteiger partial charge on any atom is 0.0380 e. The summed E-state index contributed by atoms with van der Waals surface area (Å²) in [5, 5.41) is 0. The average molecular weight is 240 g/mol. The van der Waals surface area contributed by atoms with E-state index in [4.69, 9.17) is 6.42 Å². The minimum Gasteiger partial charge on any atom is -0.259 e. The van der Waals surface area contributed by atoms with E-state index in [2.05, 4.69) is 5.92 Å². The summed E-state index contributed by atoms with van der Waals surface area (Å²) >= 11 is 0. The summed E-state index contributed by atoms with van der Waals surface area (Å²) in [6.45, 7) is 6.08. The molecule has 0 heterocycles. The van der Waals surface area contributed by atoms with Crippen molar-refractivity contribution in [2.75, 3.05) is 5.75 Å². The van der Waals surface area contributed by atoms with Gasteiger partial charge in [0.05, 0.1) is 0 Å². The second-order valence-electron chi connectivity index (χ2n) is 5.80. The van der Waals surface area contributed by atoms with Gasteiger partial charge in [-0.1, -0.05) is 19.3 Å². The van der Waals surface area contributed by atoms with Crippen LogP contribution >= 0.6 is 0 Å². The van der Waals surface area contributed by atoms with Gasteiger partial charge in [0.1, 0.15) is 0 Å². The Hall–Kier alpha value is -0.290. The number of hydrogen-bond acceptors (Lipinski definition) is 1. The lowest BCUT2D eigenvalue weighted by Gasteiger charge is -2.28. The topological polar surface area (TPSA) is 17.1 Å². The molecule has 0 aromatic carbocycles. The quantitative estimate of drug-likeness (QED) is 0.691. The average Bonchev–Trinajstić information content (AvgIpc) is 2.25. The Bertz CT molecular complexity index is 276. The normalized spacial score (nSPS) is 22.4. The van der Waals surface area contributed by atoms with E-state index in [9.17, 15) is 4.21 Å². The molecule has 0 bridgehead atoms. The van der Waals surface area contributed by atoms with Gasteiger partial charge >= 0.3 is 0 Å². The van der Waals surface area contributed by atoms with Crippen LogP contribution in [-0.4, -0.2) is 14.7 Å². The van der Waals surface area contributed by atoms with Crippen LogP contribution in [0.15, 0.2) is 0 Å². The molecule has 1 nitrogen and oxygen atoms in total. The molecule has 0 amide bonds. The summed E-state index contributed by atoms with van der Waals surface area (Å²) < 4.78 is 12.0. The molecule has 1 fully saturated rings. The van der Waals surface area contributed by atoms with Gasteiger partial charge < -0.3 is 0 Å². The van der Waals surface area contributed by atoms with Crippen molar-refractivity contribution in [2.45, 2.75) is 57.6 Å². The highest BCUT2D eigenvalue weighted by molar-refractivity contribution is 7.86. The Morgan fingerprint density at radius 1 is 1.31 bits per heavy atom. The molecule has 0 saturated heterocycles. The Morgan fingerprint density at radius 2 is 1.88 bits per heavy atom. The molecule has 2 heteroatoms. The molecule has 2 atom stereocenters. The zero-order valence-corrected chi connectivity index (χ0v) is 11.6. The predicted molar refractivity (Wildman–Crippen MR) is 71.7 cm³/mol. The lowest BCUT2D eigenvalue weighted by atomic mass is 9.81. The summed E-state index contributed by atoms with van der Waals surface area (Å²) in [7, 11) is -0.811. The maximum absolute atomic E-state index is 12.1. The lowest BCUT2D eigenvalue weighted by Crippen LogP contribution is -2.30. The van der Waals surface area contributed by atoms with Crippen molar-refractivity contribution in [3.63, 3.8) is 0 Å². The first-order chi connectivity index (χ1) is 7.45. The zero-order valence-electron chi connectivity index (χ0n) is 10.8. The lowest BCUT2D eigenvalue weighted by molar-refractivity contribution is 0.308. The zero-order chi connectivity index (χ0) is 12.2. The molecule has 0 aliphatic heterocycles. The van der Waals surface area contributed by atoms with E-state index in [1.165, 1.54) is 32.1 Å². The van der Waals surface area contributed by atoms with Crippen LogP contribution in [0.4, 0.5) is 0 Å². The van der Waals surface area contributed by atoms with Crippen LogP contribution in [0, 0.1) is 24.2 Å². The Balaban J connectivity index is 2.55. The largest absolute Gasteiger partial charge is 0.259 e. The summed E-state index contributed by atoms with van der Waals surface area (Å²) in [4.78, 5) is 0.